The maximum absolute atomic E-state index is 13.6. The van der Waals surface area contributed by atoms with E-state index in [4.69, 9.17) is 9.47 Å². The summed E-state index contributed by atoms with van der Waals surface area (Å²) in [5, 5.41) is 12.7. The number of hydrogen-bond acceptors (Lipinski definition) is 6. The number of carbonyl (C=O) groups is 3. The van der Waals surface area contributed by atoms with E-state index in [-0.39, 0.29) is 37.5 Å². The molecule has 1 aliphatic rings. The number of carbonyl (C=O) groups excluding carboxylic acids is 3. The van der Waals surface area contributed by atoms with Gasteiger partial charge in [-0.15, -0.1) is 13.2 Å². The second-order valence-electron chi connectivity index (χ2n) is 10.7. The normalized spacial score (nSPS) is 17.5. The summed E-state index contributed by atoms with van der Waals surface area (Å²) in [7, 11) is 1.52. The van der Waals surface area contributed by atoms with E-state index in [2.05, 4.69) is 18.5 Å². The third-order valence-electron chi connectivity index (χ3n) is 7.67. The lowest BCUT2D eigenvalue weighted by Crippen LogP contribution is -2.47. The van der Waals surface area contributed by atoms with E-state index in [0.29, 0.717) is 31.4 Å². The van der Waals surface area contributed by atoms with Gasteiger partial charge in [0.15, 0.2) is 0 Å². The van der Waals surface area contributed by atoms with Crippen LogP contribution < -0.4 is 5.32 Å². The predicted molar refractivity (Wildman–Crippen MR) is 162 cm³/mol. The van der Waals surface area contributed by atoms with Crippen molar-refractivity contribution in [3.05, 3.63) is 97.1 Å². The number of allylic oxidation sites excluding steroid dienone is 2. The summed E-state index contributed by atoms with van der Waals surface area (Å²) in [4.78, 5) is 42.0. The van der Waals surface area contributed by atoms with Crippen LogP contribution in [0.2, 0.25) is 0 Å². The SMILES string of the molecule is C=CCC(CC(=O)N1CCCC1CO)C(=O)NC(COC)C(OC(=O)C(CC=C)Cc1ccccc1)c1ccccc1. The first-order valence-electron chi connectivity index (χ1n) is 14.6. The van der Waals surface area contributed by atoms with Crippen LogP contribution in [0.3, 0.4) is 0 Å². The highest BCUT2D eigenvalue weighted by molar-refractivity contribution is 5.86. The van der Waals surface area contributed by atoms with Crippen LogP contribution in [0.5, 0.6) is 0 Å². The van der Waals surface area contributed by atoms with Gasteiger partial charge in [-0.2, -0.15) is 0 Å². The van der Waals surface area contributed by atoms with Crippen LogP contribution in [0.4, 0.5) is 0 Å². The molecule has 2 aromatic carbocycles. The molecule has 2 N–H and O–H groups in total. The van der Waals surface area contributed by atoms with Gasteiger partial charge >= 0.3 is 5.97 Å². The fourth-order valence-electron chi connectivity index (χ4n) is 5.46. The van der Waals surface area contributed by atoms with Crippen molar-refractivity contribution in [1.29, 1.82) is 0 Å². The number of ether oxygens (including phenoxy) is 2. The smallest absolute Gasteiger partial charge is 0.310 e. The predicted octanol–water partition coefficient (Wildman–Crippen LogP) is 4.40. The van der Waals surface area contributed by atoms with E-state index in [1.807, 2.05) is 60.7 Å². The molecule has 3 rings (SSSR count). The average molecular weight is 577 g/mol. The third-order valence-corrected chi connectivity index (χ3v) is 7.67. The van der Waals surface area contributed by atoms with Gasteiger partial charge in [0.25, 0.3) is 0 Å². The summed E-state index contributed by atoms with van der Waals surface area (Å²) in [5.41, 5.74) is 1.72. The number of nitrogens with one attached hydrogen (secondary N) is 1. The van der Waals surface area contributed by atoms with Gasteiger partial charge in [0.2, 0.25) is 11.8 Å². The number of methoxy groups -OCH3 is 1. The molecule has 1 fully saturated rings. The molecule has 0 radical (unpaired) electrons. The van der Waals surface area contributed by atoms with Crippen LogP contribution in [0.25, 0.3) is 0 Å². The molecule has 42 heavy (non-hydrogen) atoms. The Morgan fingerprint density at radius 1 is 1.02 bits per heavy atom. The van der Waals surface area contributed by atoms with Crippen molar-refractivity contribution in [2.24, 2.45) is 11.8 Å². The van der Waals surface area contributed by atoms with E-state index in [9.17, 15) is 19.5 Å². The second kappa shape index (κ2) is 17.3. The Bertz CT molecular complexity index is 1160. The highest BCUT2D eigenvalue weighted by Crippen LogP contribution is 2.27. The monoisotopic (exact) mass is 576 g/mol. The van der Waals surface area contributed by atoms with Gasteiger partial charge in [0.05, 0.1) is 37.1 Å². The van der Waals surface area contributed by atoms with Gasteiger partial charge in [-0.05, 0) is 43.2 Å². The molecule has 2 amide bonds. The summed E-state index contributed by atoms with van der Waals surface area (Å²) < 4.78 is 11.6. The van der Waals surface area contributed by atoms with Gasteiger partial charge in [-0.25, -0.2) is 0 Å². The molecule has 2 aromatic rings. The number of nitrogens with zero attached hydrogens (tertiary/aromatic N) is 1. The van der Waals surface area contributed by atoms with Crippen molar-refractivity contribution in [3.63, 3.8) is 0 Å². The molecule has 1 aliphatic heterocycles. The van der Waals surface area contributed by atoms with E-state index in [0.717, 1.165) is 18.4 Å². The molecule has 0 aromatic heterocycles. The van der Waals surface area contributed by atoms with Gasteiger partial charge in [0, 0.05) is 20.1 Å². The highest BCUT2D eigenvalue weighted by atomic mass is 16.5. The number of amides is 2. The minimum atomic E-state index is -0.830. The van der Waals surface area contributed by atoms with Gasteiger partial charge in [-0.3, -0.25) is 14.4 Å². The number of rotatable bonds is 17. The zero-order chi connectivity index (χ0) is 30.3. The molecule has 0 saturated carbocycles. The number of aliphatic hydroxyl groups is 1. The molecule has 5 atom stereocenters. The minimum absolute atomic E-state index is 0.0116. The lowest BCUT2D eigenvalue weighted by molar-refractivity contribution is -0.158. The van der Waals surface area contributed by atoms with Gasteiger partial charge in [-0.1, -0.05) is 72.8 Å². The van der Waals surface area contributed by atoms with Crippen molar-refractivity contribution in [2.75, 3.05) is 26.9 Å². The van der Waals surface area contributed by atoms with Crippen molar-refractivity contribution >= 4 is 17.8 Å². The number of likely N-dealkylation sites (tertiary alicyclic amines) is 1. The topological polar surface area (TPSA) is 105 Å². The molecular weight excluding hydrogens is 532 g/mol. The van der Waals surface area contributed by atoms with Crippen molar-refractivity contribution in [1.82, 2.24) is 10.2 Å². The molecule has 8 heteroatoms. The first-order valence-corrected chi connectivity index (χ1v) is 14.6. The Kier molecular flexibility index (Phi) is 13.5. The van der Waals surface area contributed by atoms with Crippen LogP contribution >= 0.6 is 0 Å². The fourth-order valence-corrected chi connectivity index (χ4v) is 5.46. The standard InChI is InChI=1S/C34H44N2O6/c1-4-13-27(22-31(38)36-20-12-19-29(36)23-37)33(39)35-30(24-41-3)32(26-17-10-7-11-18-26)42-34(40)28(14-5-2)21-25-15-8-6-9-16-25/h4-11,15-18,27-30,32,37H,1-2,12-14,19-24H2,3H3,(H,35,39). The van der Waals surface area contributed by atoms with Crippen molar-refractivity contribution < 1.29 is 29.0 Å². The summed E-state index contributed by atoms with van der Waals surface area (Å²) >= 11 is 0. The van der Waals surface area contributed by atoms with Crippen LogP contribution in [0, 0.1) is 11.8 Å². The number of benzene rings is 2. The van der Waals surface area contributed by atoms with E-state index in [1.165, 1.54) is 7.11 Å². The number of esters is 1. The van der Waals surface area contributed by atoms with E-state index < -0.39 is 30.0 Å². The number of aliphatic hydroxyl groups excluding tert-OH is 1. The molecular formula is C34H44N2O6. The Labute approximate surface area is 249 Å². The first kappa shape index (κ1) is 32.8. The van der Waals surface area contributed by atoms with Crippen LogP contribution in [0.15, 0.2) is 86.0 Å². The van der Waals surface area contributed by atoms with E-state index >= 15 is 0 Å². The molecule has 8 nitrogen and oxygen atoms in total. The quantitative estimate of drug-likeness (QED) is 0.214. The molecule has 0 spiro atoms. The lowest BCUT2D eigenvalue weighted by Gasteiger charge is -2.31. The van der Waals surface area contributed by atoms with Gasteiger partial charge in [0.1, 0.15) is 6.10 Å². The molecule has 5 unspecified atom stereocenters. The van der Waals surface area contributed by atoms with Crippen LogP contribution in [-0.2, 0) is 30.3 Å². The summed E-state index contributed by atoms with van der Waals surface area (Å²) in [6.07, 6.45) is 5.28. The molecule has 1 saturated heterocycles. The first-order chi connectivity index (χ1) is 20.4. The fraction of sp³-hybridized carbons (Fsp3) is 0.441. The zero-order valence-electron chi connectivity index (χ0n) is 24.5. The van der Waals surface area contributed by atoms with E-state index in [1.54, 1.807) is 17.1 Å². The molecule has 226 valence electrons. The Hall–Kier alpha value is -3.75. The molecule has 0 bridgehead atoms. The molecule has 1 heterocycles. The third kappa shape index (κ3) is 9.39. The maximum Gasteiger partial charge on any atom is 0.310 e. The van der Waals surface area contributed by atoms with Gasteiger partial charge < -0.3 is 24.8 Å². The lowest BCUT2D eigenvalue weighted by atomic mass is 9.95. The Balaban J connectivity index is 1.82. The van der Waals surface area contributed by atoms with Crippen molar-refractivity contribution in [3.8, 4) is 0 Å². The van der Waals surface area contributed by atoms with Crippen LogP contribution in [-0.4, -0.2) is 66.7 Å². The summed E-state index contributed by atoms with van der Waals surface area (Å²) in [6.45, 7) is 8.16. The Morgan fingerprint density at radius 2 is 1.67 bits per heavy atom. The summed E-state index contributed by atoms with van der Waals surface area (Å²) in [6, 6.07) is 18.1. The molecule has 0 aliphatic carbocycles. The summed E-state index contributed by atoms with van der Waals surface area (Å²) in [5.74, 6) is -2.05. The largest absolute Gasteiger partial charge is 0.455 e. The van der Waals surface area contributed by atoms with Crippen molar-refractivity contribution in [2.45, 2.75) is 56.7 Å². The maximum atomic E-state index is 13.6. The minimum Gasteiger partial charge on any atom is -0.455 e. The average Bonchev–Trinajstić information content (AvgIpc) is 3.49. The van der Waals surface area contributed by atoms with Crippen LogP contribution in [0.1, 0.15) is 49.3 Å². The number of hydrogen-bond donors (Lipinski definition) is 2. The second-order valence-corrected chi connectivity index (χ2v) is 10.7. The Morgan fingerprint density at radius 3 is 2.29 bits per heavy atom. The highest BCUT2D eigenvalue weighted by Gasteiger charge is 2.35. The zero-order valence-corrected chi connectivity index (χ0v) is 24.5.